The number of benzene rings is 1. The highest BCUT2D eigenvalue weighted by Crippen LogP contribution is 2.30. The predicted molar refractivity (Wildman–Crippen MR) is 82.0 cm³/mol. The average Bonchev–Trinajstić information content (AvgIpc) is 2.52. The van der Waals surface area contributed by atoms with E-state index in [0.29, 0.717) is 19.1 Å². The predicted octanol–water partition coefficient (Wildman–Crippen LogP) is 1.16. The Morgan fingerprint density at radius 1 is 1.43 bits per heavy atom. The molecule has 1 aliphatic heterocycles. The number of aliphatic imine (C=N–C) groups is 1. The zero-order valence-corrected chi connectivity index (χ0v) is 12.4. The first kappa shape index (κ1) is 15.4. The molecule has 116 valence electrons. The molecule has 6 heteroatoms. The van der Waals surface area contributed by atoms with Crippen LogP contribution in [0.2, 0.25) is 0 Å². The van der Waals surface area contributed by atoms with Crippen LogP contribution in [0.25, 0.3) is 0 Å². The number of fused-ring (bicyclic) bond motifs is 1. The Labute approximate surface area is 125 Å². The van der Waals surface area contributed by atoms with Crippen molar-refractivity contribution in [1.82, 2.24) is 5.32 Å². The Morgan fingerprint density at radius 2 is 2.24 bits per heavy atom. The Bertz CT molecular complexity index is 465. The molecule has 1 unspecified atom stereocenters. The standard InChI is InChI=1S/C15H23N3O3/c1-2-19-9-5-8-17-15(16)18-10-12-11-20-13-6-3-4-7-14(13)21-12/h3-4,6-7,12H,2,5,8-11H2,1H3,(H3,16,17,18). The summed E-state index contributed by atoms with van der Waals surface area (Å²) in [6, 6.07) is 7.62. The Kier molecular flexibility index (Phi) is 6.15. The first-order valence-corrected chi connectivity index (χ1v) is 7.29. The Morgan fingerprint density at radius 3 is 3.05 bits per heavy atom. The molecule has 0 amide bonds. The molecule has 0 saturated carbocycles. The summed E-state index contributed by atoms with van der Waals surface area (Å²) in [6.07, 6.45) is 0.796. The summed E-state index contributed by atoms with van der Waals surface area (Å²) >= 11 is 0. The lowest BCUT2D eigenvalue weighted by atomic mass is 10.2. The number of guanidine groups is 1. The molecule has 0 fully saturated rings. The molecule has 0 spiro atoms. The number of nitrogens with zero attached hydrogens (tertiary/aromatic N) is 1. The number of hydrogen-bond acceptors (Lipinski definition) is 4. The molecule has 2 rings (SSSR count). The van der Waals surface area contributed by atoms with Crippen LogP contribution < -0.4 is 20.5 Å². The van der Waals surface area contributed by atoms with E-state index in [1.807, 2.05) is 31.2 Å². The van der Waals surface area contributed by atoms with Crippen LogP contribution in [0.4, 0.5) is 0 Å². The maximum absolute atomic E-state index is 5.80. The van der Waals surface area contributed by atoms with Gasteiger partial charge in [0.25, 0.3) is 0 Å². The largest absolute Gasteiger partial charge is 0.486 e. The van der Waals surface area contributed by atoms with Gasteiger partial charge in [-0.3, -0.25) is 0 Å². The molecule has 0 radical (unpaired) electrons. The molecule has 1 aromatic carbocycles. The molecule has 1 heterocycles. The third kappa shape index (κ3) is 5.15. The third-order valence-corrected chi connectivity index (χ3v) is 3.01. The summed E-state index contributed by atoms with van der Waals surface area (Å²) in [5.41, 5.74) is 5.80. The van der Waals surface area contributed by atoms with Crippen LogP contribution >= 0.6 is 0 Å². The van der Waals surface area contributed by atoms with Gasteiger partial charge in [-0.15, -0.1) is 0 Å². The molecule has 3 N–H and O–H groups in total. The van der Waals surface area contributed by atoms with E-state index in [1.165, 1.54) is 0 Å². The molecule has 1 aromatic rings. The fourth-order valence-corrected chi connectivity index (χ4v) is 1.94. The van der Waals surface area contributed by atoms with Gasteiger partial charge in [0.05, 0.1) is 6.54 Å². The number of ether oxygens (including phenoxy) is 3. The Balaban J connectivity index is 1.69. The number of rotatable bonds is 7. The fourth-order valence-electron chi connectivity index (χ4n) is 1.94. The minimum atomic E-state index is -0.108. The van der Waals surface area contributed by atoms with Crippen LogP contribution in [0.15, 0.2) is 29.3 Å². The van der Waals surface area contributed by atoms with E-state index in [0.717, 1.165) is 37.7 Å². The van der Waals surface area contributed by atoms with Crippen molar-refractivity contribution in [2.75, 3.05) is 32.9 Å². The van der Waals surface area contributed by atoms with Gasteiger partial charge in [0, 0.05) is 19.8 Å². The summed E-state index contributed by atoms with van der Waals surface area (Å²) in [6.45, 7) is 5.15. The van der Waals surface area contributed by atoms with Gasteiger partial charge in [0.15, 0.2) is 23.6 Å². The molecule has 1 atom stereocenters. The molecular formula is C15H23N3O3. The van der Waals surface area contributed by atoms with Crippen molar-refractivity contribution in [3.05, 3.63) is 24.3 Å². The number of hydrogen-bond donors (Lipinski definition) is 2. The van der Waals surface area contributed by atoms with Gasteiger partial charge in [-0.1, -0.05) is 12.1 Å². The first-order chi connectivity index (χ1) is 10.3. The number of nitrogens with two attached hydrogens (primary N) is 1. The monoisotopic (exact) mass is 293 g/mol. The van der Waals surface area contributed by atoms with Gasteiger partial charge in [0.2, 0.25) is 0 Å². The van der Waals surface area contributed by atoms with Gasteiger partial charge < -0.3 is 25.3 Å². The SMILES string of the molecule is CCOCCCNC(N)=NCC1COc2ccccc2O1. The second kappa shape index (κ2) is 8.36. The van der Waals surface area contributed by atoms with Crippen molar-refractivity contribution in [3.63, 3.8) is 0 Å². The van der Waals surface area contributed by atoms with E-state index >= 15 is 0 Å². The van der Waals surface area contributed by atoms with Crippen molar-refractivity contribution in [1.29, 1.82) is 0 Å². The van der Waals surface area contributed by atoms with E-state index in [2.05, 4.69) is 10.3 Å². The fraction of sp³-hybridized carbons (Fsp3) is 0.533. The highest BCUT2D eigenvalue weighted by atomic mass is 16.6. The lowest BCUT2D eigenvalue weighted by Crippen LogP contribution is -2.36. The number of para-hydroxylation sites is 2. The summed E-state index contributed by atoms with van der Waals surface area (Å²) in [4.78, 5) is 4.28. The van der Waals surface area contributed by atoms with Gasteiger partial charge in [-0.05, 0) is 25.5 Å². The third-order valence-electron chi connectivity index (χ3n) is 3.01. The van der Waals surface area contributed by atoms with Crippen molar-refractivity contribution in [2.24, 2.45) is 10.7 Å². The van der Waals surface area contributed by atoms with Gasteiger partial charge >= 0.3 is 0 Å². The molecule has 21 heavy (non-hydrogen) atoms. The molecule has 0 aromatic heterocycles. The maximum atomic E-state index is 5.80. The minimum absolute atomic E-state index is 0.108. The van der Waals surface area contributed by atoms with Crippen molar-refractivity contribution in [3.8, 4) is 11.5 Å². The average molecular weight is 293 g/mol. The maximum Gasteiger partial charge on any atom is 0.188 e. The van der Waals surface area contributed by atoms with E-state index < -0.39 is 0 Å². The summed E-state index contributed by atoms with van der Waals surface area (Å²) in [7, 11) is 0. The van der Waals surface area contributed by atoms with E-state index in [1.54, 1.807) is 0 Å². The van der Waals surface area contributed by atoms with Crippen LogP contribution in [0.3, 0.4) is 0 Å². The second-order valence-corrected chi connectivity index (χ2v) is 4.70. The zero-order valence-electron chi connectivity index (χ0n) is 12.4. The highest BCUT2D eigenvalue weighted by Gasteiger charge is 2.19. The summed E-state index contributed by atoms with van der Waals surface area (Å²) in [5.74, 6) is 1.96. The van der Waals surface area contributed by atoms with Crippen LogP contribution in [0, 0.1) is 0 Å². The lowest BCUT2D eigenvalue weighted by molar-refractivity contribution is 0.0971. The van der Waals surface area contributed by atoms with Gasteiger partial charge in [0.1, 0.15) is 6.61 Å². The first-order valence-electron chi connectivity index (χ1n) is 7.29. The van der Waals surface area contributed by atoms with Crippen LogP contribution in [-0.4, -0.2) is 45.0 Å². The quantitative estimate of drug-likeness (QED) is 0.448. The van der Waals surface area contributed by atoms with Crippen LogP contribution in [0.5, 0.6) is 11.5 Å². The van der Waals surface area contributed by atoms with Gasteiger partial charge in [-0.2, -0.15) is 0 Å². The minimum Gasteiger partial charge on any atom is -0.486 e. The molecule has 0 bridgehead atoms. The second-order valence-electron chi connectivity index (χ2n) is 4.70. The van der Waals surface area contributed by atoms with E-state index in [9.17, 15) is 0 Å². The summed E-state index contributed by atoms with van der Waals surface area (Å²) < 4.78 is 16.7. The lowest BCUT2D eigenvalue weighted by Gasteiger charge is -2.25. The smallest absolute Gasteiger partial charge is 0.188 e. The van der Waals surface area contributed by atoms with Gasteiger partial charge in [-0.25, -0.2) is 4.99 Å². The Hall–Kier alpha value is -1.95. The van der Waals surface area contributed by atoms with E-state index in [-0.39, 0.29) is 6.10 Å². The topological polar surface area (TPSA) is 78.1 Å². The van der Waals surface area contributed by atoms with Crippen molar-refractivity contribution >= 4 is 5.96 Å². The molecule has 0 aliphatic carbocycles. The van der Waals surface area contributed by atoms with Crippen LogP contribution in [-0.2, 0) is 4.74 Å². The summed E-state index contributed by atoms with van der Waals surface area (Å²) in [5, 5.41) is 3.05. The molecule has 0 saturated heterocycles. The van der Waals surface area contributed by atoms with Crippen molar-refractivity contribution < 1.29 is 14.2 Å². The zero-order chi connectivity index (χ0) is 14.9. The number of nitrogens with one attached hydrogen (secondary N) is 1. The highest BCUT2D eigenvalue weighted by molar-refractivity contribution is 5.77. The molecular weight excluding hydrogens is 270 g/mol. The van der Waals surface area contributed by atoms with E-state index in [4.69, 9.17) is 19.9 Å². The normalized spacial score (nSPS) is 17.6. The van der Waals surface area contributed by atoms with Crippen molar-refractivity contribution in [2.45, 2.75) is 19.4 Å². The molecule has 6 nitrogen and oxygen atoms in total. The van der Waals surface area contributed by atoms with Crippen LogP contribution in [0.1, 0.15) is 13.3 Å². The molecule has 1 aliphatic rings.